The molecule has 0 radical (unpaired) electrons. The second kappa shape index (κ2) is 3.97. The van der Waals surface area contributed by atoms with Gasteiger partial charge in [0.25, 0.3) is 0 Å². The molecule has 0 bridgehead atoms. The molecule has 1 aromatic rings. The van der Waals surface area contributed by atoms with E-state index in [4.69, 9.17) is 10.4 Å². The highest BCUT2D eigenvalue weighted by Crippen LogP contribution is 2.31. The summed E-state index contributed by atoms with van der Waals surface area (Å²) in [5.41, 5.74) is 0.273. The van der Waals surface area contributed by atoms with Crippen LogP contribution < -0.4 is 0 Å². The zero-order valence-corrected chi connectivity index (χ0v) is 7.52. The van der Waals surface area contributed by atoms with E-state index in [1.54, 1.807) is 6.92 Å². The number of rotatable bonds is 2. The van der Waals surface area contributed by atoms with Crippen molar-refractivity contribution in [2.45, 2.75) is 13.3 Å². The van der Waals surface area contributed by atoms with Crippen LogP contribution in [-0.2, 0) is 11.3 Å². The summed E-state index contributed by atoms with van der Waals surface area (Å²) in [6.07, 6.45) is 0.338. The molecule has 0 atom stereocenters. The summed E-state index contributed by atoms with van der Waals surface area (Å²) >= 11 is 0. The molecule has 0 saturated carbocycles. The normalized spacial score (nSPS) is 9.86. The van der Waals surface area contributed by atoms with Gasteiger partial charge in [0.15, 0.2) is 11.5 Å². The standard InChI is InChI=1S/C9H10O5/c1-2-5-6(9(12)14-13)3-4-7(10)8(5)11/h3-4,10-11,13H,2H2,1H3. The highest BCUT2D eigenvalue weighted by Gasteiger charge is 2.17. The maximum Gasteiger partial charge on any atom is 0.373 e. The van der Waals surface area contributed by atoms with E-state index < -0.39 is 5.97 Å². The highest BCUT2D eigenvalue weighted by atomic mass is 17.1. The van der Waals surface area contributed by atoms with Crippen molar-refractivity contribution >= 4 is 5.97 Å². The van der Waals surface area contributed by atoms with Gasteiger partial charge in [-0.3, -0.25) is 4.89 Å². The molecular formula is C9H10O5. The van der Waals surface area contributed by atoms with Crippen LogP contribution in [0.25, 0.3) is 0 Å². The van der Waals surface area contributed by atoms with Crippen molar-refractivity contribution in [3.05, 3.63) is 23.3 Å². The Morgan fingerprint density at radius 1 is 1.43 bits per heavy atom. The minimum atomic E-state index is -0.961. The quantitative estimate of drug-likeness (QED) is 0.378. The molecule has 3 N–H and O–H groups in total. The summed E-state index contributed by atoms with van der Waals surface area (Å²) in [7, 11) is 0. The molecule has 0 fully saturated rings. The molecule has 1 rings (SSSR count). The van der Waals surface area contributed by atoms with Gasteiger partial charge >= 0.3 is 5.97 Å². The SMILES string of the molecule is CCc1c(C(=O)OO)ccc(O)c1O. The fourth-order valence-electron chi connectivity index (χ4n) is 1.22. The van der Waals surface area contributed by atoms with E-state index >= 15 is 0 Å². The van der Waals surface area contributed by atoms with E-state index in [1.807, 2.05) is 0 Å². The first-order valence-corrected chi connectivity index (χ1v) is 4.01. The molecule has 0 saturated heterocycles. The fraction of sp³-hybridized carbons (Fsp3) is 0.222. The Morgan fingerprint density at radius 3 is 2.57 bits per heavy atom. The molecule has 0 spiro atoms. The lowest BCUT2D eigenvalue weighted by Crippen LogP contribution is -2.05. The summed E-state index contributed by atoms with van der Waals surface area (Å²) in [6, 6.07) is 2.42. The number of carbonyl (C=O) groups is 1. The molecule has 0 unspecified atom stereocenters. The van der Waals surface area contributed by atoms with Gasteiger partial charge in [0, 0.05) is 5.56 Å². The fourth-order valence-corrected chi connectivity index (χ4v) is 1.22. The van der Waals surface area contributed by atoms with Crippen molar-refractivity contribution in [1.29, 1.82) is 0 Å². The lowest BCUT2D eigenvalue weighted by molar-refractivity contribution is -0.182. The second-order valence-corrected chi connectivity index (χ2v) is 2.69. The number of benzene rings is 1. The van der Waals surface area contributed by atoms with Crippen LogP contribution in [0, 0.1) is 0 Å². The number of phenolic OH excluding ortho intramolecular Hbond substituents is 2. The average Bonchev–Trinajstić information content (AvgIpc) is 2.20. The van der Waals surface area contributed by atoms with Gasteiger partial charge in [0.1, 0.15) is 0 Å². The van der Waals surface area contributed by atoms with Crippen molar-refractivity contribution in [2.75, 3.05) is 0 Å². The molecule has 1 aromatic carbocycles. The van der Waals surface area contributed by atoms with Crippen LogP contribution in [0.5, 0.6) is 11.5 Å². The molecule has 0 heterocycles. The lowest BCUT2D eigenvalue weighted by atomic mass is 10.0. The maximum absolute atomic E-state index is 11.0. The van der Waals surface area contributed by atoms with Gasteiger partial charge in [-0.2, -0.15) is 5.26 Å². The van der Waals surface area contributed by atoms with Gasteiger partial charge in [0.05, 0.1) is 5.56 Å². The zero-order valence-electron chi connectivity index (χ0n) is 7.52. The summed E-state index contributed by atoms with van der Waals surface area (Å²) in [6.45, 7) is 1.70. The molecule has 14 heavy (non-hydrogen) atoms. The van der Waals surface area contributed by atoms with Crippen molar-refractivity contribution in [3.63, 3.8) is 0 Å². The molecule has 0 aliphatic carbocycles. The Kier molecular flexibility index (Phi) is 2.93. The third kappa shape index (κ3) is 1.62. The highest BCUT2D eigenvalue weighted by molar-refractivity contribution is 5.91. The molecule has 5 heteroatoms. The minimum Gasteiger partial charge on any atom is -0.504 e. The first kappa shape index (κ1) is 10.3. The van der Waals surface area contributed by atoms with Crippen molar-refractivity contribution < 1.29 is 25.2 Å². The van der Waals surface area contributed by atoms with Crippen LogP contribution in [0.2, 0.25) is 0 Å². The average molecular weight is 198 g/mol. The molecule has 76 valence electrons. The van der Waals surface area contributed by atoms with Crippen LogP contribution in [0.3, 0.4) is 0 Å². The van der Waals surface area contributed by atoms with Crippen LogP contribution in [0.1, 0.15) is 22.8 Å². The Labute approximate surface area is 80.1 Å². The van der Waals surface area contributed by atoms with Crippen LogP contribution in [0.4, 0.5) is 0 Å². The Balaban J connectivity index is 3.31. The number of hydrogen-bond acceptors (Lipinski definition) is 5. The largest absolute Gasteiger partial charge is 0.504 e. The number of hydrogen-bond donors (Lipinski definition) is 3. The topological polar surface area (TPSA) is 87.0 Å². The Hall–Kier alpha value is -1.75. The van der Waals surface area contributed by atoms with Gasteiger partial charge in [0.2, 0.25) is 0 Å². The van der Waals surface area contributed by atoms with Crippen LogP contribution >= 0.6 is 0 Å². The van der Waals surface area contributed by atoms with E-state index in [1.165, 1.54) is 6.07 Å². The van der Waals surface area contributed by atoms with E-state index in [2.05, 4.69) is 4.89 Å². The van der Waals surface area contributed by atoms with Gasteiger partial charge in [-0.1, -0.05) is 6.92 Å². The molecule has 5 nitrogen and oxygen atoms in total. The second-order valence-electron chi connectivity index (χ2n) is 2.69. The van der Waals surface area contributed by atoms with Crippen molar-refractivity contribution in [1.82, 2.24) is 0 Å². The Bertz CT molecular complexity index is 358. The van der Waals surface area contributed by atoms with Crippen LogP contribution in [-0.4, -0.2) is 21.4 Å². The predicted octanol–water partition coefficient (Wildman–Crippen LogP) is 1.29. The third-order valence-corrected chi connectivity index (χ3v) is 1.92. The third-order valence-electron chi connectivity index (χ3n) is 1.92. The van der Waals surface area contributed by atoms with Gasteiger partial charge < -0.3 is 10.2 Å². The number of carbonyl (C=O) groups excluding carboxylic acids is 1. The molecule has 0 aliphatic heterocycles. The van der Waals surface area contributed by atoms with E-state index in [-0.39, 0.29) is 22.6 Å². The molecule has 0 aliphatic rings. The summed E-state index contributed by atoms with van der Waals surface area (Å²) in [5.74, 6) is -1.64. The molecule has 0 aromatic heterocycles. The van der Waals surface area contributed by atoms with E-state index in [0.717, 1.165) is 6.07 Å². The lowest BCUT2D eigenvalue weighted by Gasteiger charge is -2.07. The summed E-state index contributed by atoms with van der Waals surface area (Å²) in [5, 5.41) is 26.7. The van der Waals surface area contributed by atoms with Gasteiger partial charge in [-0.25, -0.2) is 4.79 Å². The van der Waals surface area contributed by atoms with Crippen LogP contribution in [0.15, 0.2) is 12.1 Å². The molecule has 0 amide bonds. The maximum atomic E-state index is 11.0. The Morgan fingerprint density at radius 2 is 2.07 bits per heavy atom. The smallest absolute Gasteiger partial charge is 0.373 e. The first-order chi connectivity index (χ1) is 6.61. The number of phenols is 2. The first-order valence-electron chi connectivity index (χ1n) is 4.01. The van der Waals surface area contributed by atoms with Crippen molar-refractivity contribution in [3.8, 4) is 11.5 Å². The van der Waals surface area contributed by atoms with E-state index in [0.29, 0.717) is 6.42 Å². The van der Waals surface area contributed by atoms with Gasteiger partial charge in [-0.05, 0) is 18.6 Å². The monoisotopic (exact) mass is 198 g/mol. The zero-order chi connectivity index (χ0) is 10.7. The summed E-state index contributed by atoms with van der Waals surface area (Å²) in [4.78, 5) is 14.5. The predicted molar refractivity (Wildman–Crippen MR) is 47.2 cm³/mol. The van der Waals surface area contributed by atoms with Gasteiger partial charge in [-0.15, -0.1) is 0 Å². The van der Waals surface area contributed by atoms with E-state index in [9.17, 15) is 9.90 Å². The minimum absolute atomic E-state index is 0.0327. The van der Waals surface area contributed by atoms with Crippen molar-refractivity contribution in [2.24, 2.45) is 0 Å². The molecular weight excluding hydrogens is 188 g/mol. The summed E-state index contributed by atoms with van der Waals surface area (Å²) < 4.78 is 0. The number of aromatic hydroxyl groups is 2.